The van der Waals surface area contributed by atoms with E-state index in [2.05, 4.69) is 5.32 Å². The predicted molar refractivity (Wildman–Crippen MR) is 90.9 cm³/mol. The topological polar surface area (TPSA) is 79.2 Å². The van der Waals surface area contributed by atoms with E-state index in [0.717, 1.165) is 0 Å². The lowest BCUT2D eigenvalue weighted by Crippen LogP contribution is -2.30. The second kappa shape index (κ2) is 7.93. The fourth-order valence-electron chi connectivity index (χ4n) is 2.09. The fraction of sp³-hybridized carbons (Fsp3) is 0.211. The Hall–Kier alpha value is -3.13. The molecule has 2 rings (SSSR count). The number of benzene rings is 2. The molecule has 2 aromatic carbocycles. The van der Waals surface area contributed by atoms with Crippen molar-refractivity contribution in [2.45, 2.75) is 26.4 Å². The molecule has 0 saturated carbocycles. The molecule has 0 aliphatic carbocycles. The Morgan fingerprint density at radius 1 is 1.21 bits per heavy atom. The number of hydrogen-bond acceptors (Lipinski definition) is 4. The number of Topliss-reactive ketones (excluding diaryl/α,β-unsaturated/α-hetero) is 1. The summed E-state index contributed by atoms with van der Waals surface area (Å²) < 4.78 is 5.58. The quantitative estimate of drug-likeness (QED) is 0.825. The van der Waals surface area contributed by atoms with E-state index in [0.29, 0.717) is 29.0 Å². The van der Waals surface area contributed by atoms with Crippen LogP contribution in [0, 0.1) is 11.3 Å². The molecule has 2 aromatic rings. The number of nitrogens with zero attached hydrogens (tertiary/aromatic N) is 1. The average molecular weight is 322 g/mol. The van der Waals surface area contributed by atoms with Gasteiger partial charge >= 0.3 is 0 Å². The minimum Gasteiger partial charge on any atom is -0.481 e. The lowest BCUT2D eigenvalue weighted by Gasteiger charge is -2.15. The molecule has 0 aliphatic heterocycles. The maximum absolute atomic E-state index is 12.2. The minimum absolute atomic E-state index is 0.0599. The van der Waals surface area contributed by atoms with Crippen LogP contribution in [0.1, 0.15) is 36.2 Å². The summed E-state index contributed by atoms with van der Waals surface area (Å²) in [5.41, 5.74) is 1.63. The Morgan fingerprint density at radius 2 is 1.92 bits per heavy atom. The molecular weight excluding hydrogens is 304 g/mol. The van der Waals surface area contributed by atoms with Gasteiger partial charge in [-0.15, -0.1) is 0 Å². The highest BCUT2D eigenvalue weighted by molar-refractivity contribution is 5.96. The molecule has 122 valence electrons. The molecule has 0 unspecified atom stereocenters. The SMILES string of the molecule is CCC(=O)c1ccc(O[C@@H](C)C(=O)Nc2cccc(C#N)c2)cc1. The van der Waals surface area contributed by atoms with Crippen molar-refractivity contribution < 1.29 is 14.3 Å². The van der Waals surface area contributed by atoms with Gasteiger partial charge in [-0.2, -0.15) is 5.26 Å². The van der Waals surface area contributed by atoms with E-state index in [1.54, 1.807) is 62.4 Å². The highest BCUT2D eigenvalue weighted by atomic mass is 16.5. The van der Waals surface area contributed by atoms with Crippen molar-refractivity contribution in [2.24, 2.45) is 0 Å². The molecule has 1 N–H and O–H groups in total. The van der Waals surface area contributed by atoms with Gasteiger partial charge in [0.1, 0.15) is 5.75 Å². The molecule has 1 atom stereocenters. The van der Waals surface area contributed by atoms with Gasteiger partial charge in [-0.1, -0.05) is 13.0 Å². The lowest BCUT2D eigenvalue weighted by atomic mass is 10.1. The summed E-state index contributed by atoms with van der Waals surface area (Å²) in [4.78, 5) is 23.7. The smallest absolute Gasteiger partial charge is 0.265 e. The fourth-order valence-corrected chi connectivity index (χ4v) is 2.09. The van der Waals surface area contributed by atoms with E-state index in [-0.39, 0.29) is 11.7 Å². The van der Waals surface area contributed by atoms with Crippen LogP contribution in [0.5, 0.6) is 5.75 Å². The molecule has 0 fully saturated rings. The van der Waals surface area contributed by atoms with E-state index in [1.807, 2.05) is 6.07 Å². The Bertz CT molecular complexity index is 776. The van der Waals surface area contributed by atoms with Gasteiger partial charge in [0, 0.05) is 17.7 Å². The zero-order valence-electron chi connectivity index (χ0n) is 13.6. The molecule has 0 bridgehead atoms. The van der Waals surface area contributed by atoms with E-state index in [9.17, 15) is 9.59 Å². The van der Waals surface area contributed by atoms with Gasteiger partial charge in [0.05, 0.1) is 11.6 Å². The first-order valence-corrected chi connectivity index (χ1v) is 7.64. The zero-order chi connectivity index (χ0) is 17.5. The number of anilines is 1. The summed E-state index contributed by atoms with van der Waals surface area (Å²) in [5.74, 6) is 0.250. The van der Waals surface area contributed by atoms with Crippen molar-refractivity contribution in [1.82, 2.24) is 0 Å². The van der Waals surface area contributed by atoms with Crippen LogP contribution < -0.4 is 10.1 Å². The van der Waals surface area contributed by atoms with Crippen LogP contribution in [-0.2, 0) is 4.79 Å². The number of carbonyl (C=O) groups excluding carboxylic acids is 2. The van der Waals surface area contributed by atoms with Crippen molar-refractivity contribution in [3.63, 3.8) is 0 Å². The first-order valence-electron chi connectivity index (χ1n) is 7.64. The lowest BCUT2D eigenvalue weighted by molar-refractivity contribution is -0.122. The maximum atomic E-state index is 12.2. The summed E-state index contributed by atoms with van der Waals surface area (Å²) in [7, 11) is 0. The van der Waals surface area contributed by atoms with Gasteiger partial charge in [-0.05, 0) is 49.4 Å². The van der Waals surface area contributed by atoms with Crippen molar-refractivity contribution in [3.05, 3.63) is 59.7 Å². The van der Waals surface area contributed by atoms with Crippen LogP contribution in [0.2, 0.25) is 0 Å². The number of hydrogen-bond donors (Lipinski definition) is 1. The number of rotatable bonds is 6. The van der Waals surface area contributed by atoms with Gasteiger partial charge < -0.3 is 10.1 Å². The molecule has 5 heteroatoms. The summed E-state index contributed by atoms with van der Waals surface area (Å²) in [6.45, 7) is 3.44. The third-order valence-corrected chi connectivity index (χ3v) is 3.44. The first-order chi connectivity index (χ1) is 11.5. The van der Waals surface area contributed by atoms with E-state index < -0.39 is 6.10 Å². The number of carbonyl (C=O) groups is 2. The highest BCUT2D eigenvalue weighted by Crippen LogP contribution is 2.16. The third-order valence-electron chi connectivity index (χ3n) is 3.44. The second-order valence-corrected chi connectivity index (χ2v) is 5.24. The number of ether oxygens (including phenoxy) is 1. The van der Waals surface area contributed by atoms with Crippen LogP contribution in [0.3, 0.4) is 0 Å². The summed E-state index contributed by atoms with van der Waals surface area (Å²) in [6.07, 6.45) is -0.274. The summed E-state index contributed by atoms with van der Waals surface area (Å²) >= 11 is 0. The van der Waals surface area contributed by atoms with Crippen molar-refractivity contribution in [3.8, 4) is 11.8 Å². The standard InChI is InChI=1S/C19H18N2O3/c1-3-18(22)15-7-9-17(10-8-15)24-13(2)19(23)21-16-6-4-5-14(11-16)12-20/h4-11,13H,3H2,1-2H3,(H,21,23)/t13-/m0/s1. The maximum Gasteiger partial charge on any atom is 0.265 e. The zero-order valence-corrected chi connectivity index (χ0v) is 13.6. The van der Waals surface area contributed by atoms with Crippen LogP contribution in [0.15, 0.2) is 48.5 Å². The second-order valence-electron chi connectivity index (χ2n) is 5.24. The average Bonchev–Trinajstić information content (AvgIpc) is 2.61. The number of amides is 1. The molecule has 0 heterocycles. The molecular formula is C19H18N2O3. The Labute approximate surface area is 140 Å². The van der Waals surface area contributed by atoms with Crippen LogP contribution in [-0.4, -0.2) is 17.8 Å². The van der Waals surface area contributed by atoms with Crippen LogP contribution >= 0.6 is 0 Å². The molecule has 0 spiro atoms. The van der Waals surface area contributed by atoms with E-state index in [4.69, 9.17) is 10.00 Å². The summed E-state index contributed by atoms with van der Waals surface area (Å²) in [5, 5.41) is 11.6. The Balaban J connectivity index is 1.98. The molecule has 5 nitrogen and oxygen atoms in total. The number of ketones is 1. The molecule has 1 amide bonds. The Kier molecular flexibility index (Phi) is 5.69. The predicted octanol–water partition coefficient (Wildman–Crippen LogP) is 3.56. The molecule has 0 radical (unpaired) electrons. The van der Waals surface area contributed by atoms with Crippen molar-refractivity contribution in [2.75, 3.05) is 5.32 Å². The molecule has 0 saturated heterocycles. The Morgan fingerprint density at radius 3 is 2.54 bits per heavy atom. The van der Waals surface area contributed by atoms with E-state index >= 15 is 0 Å². The molecule has 0 aliphatic rings. The third kappa shape index (κ3) is 4.43. The van der Waals surface area contributed by atoms with Gasteiger partial charge in [0.25, 0.3) is 5.91 Å². The van der Waals surface area contributed by atoms with E-state index in [1.165, 1.54) is 0 Å². The molecule has 0 aromatic heterocycles. The minimum atomic E-state index is -0.719. The largest absolute Gasteiger partial charge is 0.481 e. The van der Waals surface area contributed by atoms with Crippen molar-refractivity contribution in [1.29, 1.82) is 5.26 Å². The van der Waals surface area contributed by atoms with Crippen LogP contribution in [0.25, 0.3) is 0 Å². The molecule has 24 heavy (non-hydrogen) atoms. The monoisotopic (exact) mass is 322 g/mol. The first kappa shape index (κ1) is 17.2. The highest BCUT2D eigenvalue weighted by Gasteiger charge is 2.15. The van der Waals surface area contributed by atoms with Crippen molar-refractivity contribution >= 4 is 17.4 Å². The van der Waals surface area contributed by atoms with Gasteiger partial charge in [0.2, 0.25) is 0 Å². The number of nitrogens with one attached hydrogen (secondary N) is 1. The van der Waals surface area contributed by atoms with Gasteiger partial charge in [-0.3, -0.25) is 9.59 Å². The number of nitriles is 1. The summed E-state index contributed by atoms with van der Waals surface area (Å²) in [6, 6.07) is 15.4. The van der Waals surface area contributed by atoms with Crippen LogP contribution in [0.4, 0.5) is 5.69 Å². The normalized spacial score (nSPS) is 11.2. The van der Waals surface area contributed by atoms with Gasteiger partial charge in [-0.25, -0.2) is 0 Å². The van der Waals surface area contributed by atoms with Gasteiger partial charge in [0.15, 0.2) is 11.9 Å².